The fourth-order valence-electron chi connectivity index (χ4n) is 2.17. The quantitative estimate of drug-likeness (QED) is 0.496. The number of anilines is 1. The number of nitrogens with zero attached hydrogens (tertiary/aromatic N) is 1. The van der Waals surface area contributed by atoms with Gasteiger partial charge in [0.15, 0.2) is 11.3 Å². The van der Waals surface area contributed by atoms with E-state index < -0.39 is 17.7 Å². The number of hydrogen-bond acceptors (Lipinski definition) is 7. The lowest BCUT2D eigenvalue weighted by atomic mass is 10.2. The fraction of sp³-hybridized carbons (Fsp3) is 0.167. The van der Waals surface area contributed by atoms with Crippen molar-refractivity contribution in [3.05, 3.63) is 59.5 Å². The number of ether oxygens (including phenoxy) is 3. The van der Waals surface area contributed by atoms with Crippen LogP contribution >= 0.6 is 11.6 Å². The van der Waals surface area contributed by atoms with Gasteiger partial charge in [-0.15, -0.1) is 0 Å². The van der Waals surface area contributed by atoms with Crippen LogP contribution in [0.25, 0.3) is 0 Å². The Balaban J connectivity index is 1.84. The summed E-state index contributed by atoms with van der Waals surface area (Å²) >= 11 is 6.02. The molecule has 0 amide bonds. The van der Waals surface area contributed by atoms with Gasteiger partial charge in [-0.2, -0.15) is 0 Å². The molecule has 26 heavy (non-hydrogen) atoms. The molecule has 1 N–H and O–H groups in total. The zero-order chi connectivity index (χ0) is 18.7. The molecule has 0 unspecified atom stereocenters. The molecule has 1 fully saturated rings. The summed E-state index contributed by atoms with van der Waals surface area (Å²) in [5.74, 6) is -1.91. The third kappa shape index (κ3) is 4.12. The second-order valence-electron chi connectivity index (χ2n) is 5.81. The number of carbonyl (C=O) groups excluding carboxylic acids is 2. The molecule has 0 bridgehead atoms. The van der Waals surface area contributed by atoms with Crippen molar-refractivity contribution in [1.29, 1.82) is 0 Å². The molecule has 0 aliphatic carbocycles. The van der Waals surface area contributed by atoms with Crippen molar-refractivity contribution in [3.8, 4) is 11.5 Å². The third-order valence-electron chi connectivity index (χ3n) is 3.29. The number of rotatable bonds is 4. The molecule has 3 rings (SSSR count). The second kappa shape index (κ2) is 7.05. The summed E-state index contributed by atoms with van der Waals surface area (Å²) in [6, 6.07) is 8.36. The van der Waals surface area contributed by atoms with Gasteiger partial charge in [0.25, 0.3) is 5.79 Å². The Hall–Kier alpha value is -3.06. The van der Waals surface area contributed by atoms with E-state index in [2.05, 4.69) is 10.3 Å². The third-order valence-corrected chi connectivity index (χ3v) is 3.53. The Kier molecular flexibility index (Phi) is 4.81. The first-order chi connectivity index (χ1) is 12.3. The highest BCUT2D eigenvalue weighted by atomic mass is 35.5. The maximum absolute atomic E-state index is 12.0. The van der Waals surface area contributed by atoms with Crippen molar-refractivity contribution in [2.45, 2.75) is 19.6 Å². The maximum Gasteiger partial charge on any atom is 0.350 e. The number of benzene rings is 1. The molecule has 2 aromatic rings. The number of halogens is 1. The van der Waals surface area contributed by atoms with Gasteiger partial charge >= 0.3 is 11.9 Å². The van der Waals surface area contributed by atoms with E-state index in [0.29, 0.717) is 22.2 Å². The largest absolute Gasteiger partial charge is 0.454 e. The van der Waals surface area contributed by atoms with Crippen molar-refractivity contribution in [1.82, 2.24) is 4.98 Å². The summed E-state index contributed by atoms with van der Waals surface area (Å²) in [6.45, 7) is 2.95. The first kappa shape index (κ1) is 17.8. The molecule has 7 nitrogen and oxygen atoms in total. The van der Waals surface area contributed by atoms with E-state index in [4.69, 9.17) is 25.8 Å². The molecule has 2 heterocycles. The van der Waals surface area contributed by atoms with Crippen molar-refractivity contribution in [3.63, 3.8) is 0 Å². The molecule has 0 spiro atoms. The van der Waals surface area contributed by atoms with E-state index in [1.165, 1.54) is 20.0 Å². The van der Waals surface area contributed by atoms with Crippen molar-refractivity contribution in [2.75, 3.05) is 5.32 Å². The molecule has 1 aliphatic rings. The highest BCUT2D eigenvalue weighted by Crippen LogP contribution is 2.32. The Labute approximate surface area is 154 Å². The van der Waals surface area contributed by atoms with Crippen LogP contribution in [0.3, 0.4) is 0 Å². The van der Waals surface area contributed by atoms with Gasteiger partial charge in [0.05, 0.1) is 11.9 Å². The molecule has 0 saturated carbocycles. The van der Waals surface area contributed by atoms with Gasteiger partial charge in [-0.3, -0.25) is 4.98 Å². The SMILES string of the molecule is CC1(C)OC(=O)C(=CNc2cc(Cl)ccc2Oc2cccnc2)C(=O)O1. The van der Waals surface area contributed by atoms with Gasteiger partial charge in [-0.05, 0) is 30.3 Å². The number of pyridine rings is 1. The molecule has 1 saturated heterocycles. The Bertz CT molecular complexity index is 858. The lowest BCUT2D eigenvalue weighted by Crippen LogP contribution is -2.42. The lowest BCUT2D eigenvalue weighted by molar-refractivity contribution is -0.222. The molecule has 1 aromatic carbocycles. The van der Waals surface area contributed by atoms with E-state index >= 15 is 0 Å². The van der Waals surface area contributed by atoms with Gasteiger partial charge < -0.3 is 19.5 Å². The van der Waals surface area contributed by atoms with Gasteiger partial charge in [0.2, 0.25) is 0 Å². The van der Waals surface area contributed by atoms with Gasteiger partial charge in [0.1, 0.15) is 5.75 Å². The normalized spacial score (nSPS) is 15.7. The summed E-state index contributed by atoms with van der Waals surface area (Å²) in [5, 5.41) is 3.28. The molecule has 8 heteroatoms. The minimum atomic E-state index is -1.30. The molecule has 0 atom stereocenters. The number of aromatic nitrogens is 1. The Morgan fingerprint density at radius 2 is 1.92 bits per heavy atom. The van der Waals surface area contributed by atoms with Gasteiger partial charge in [-0.1, -0.05) is 11.6 Å². The Morgan fingerprint density at radius 3 is 2.58 bits per heavy atom. The van der Waals surface area contributed by atoms with Gasteiger partial charge in [0, 0.05) is 31.3 Å². The van der Waals surface area contributed by atoms with Crippen LogP contribution in [0.5, 0.6) is 11.5 Å². The predicted molar refractivity (Wildman–Crippen MR) is 93.7 cm³/mol. The van der Waals surface area contributed by atoms with E-state index in [-0.39, 0.29) is 5.57 Å². The first-order valence-corrected chi connectivity index (χ1v) is 8.03. The lowest BCUT2D eigenvalue weighted by Gasteiger charge is -2.29. The summed E-state index contributed by atoms with van der Waals surface area (Å²) in [5.41, 5.74) is 0.177. The number of esters is 2. The van der Waals surface area contributed by atoms with E-state index in [1.807, 2.05) is 0 Å². The molecular formula is C18H15ClN2O5. The molecular weight excluding hydrogens is 360 g/mol. The maximum atomic E-state index is 12.0. The van der Waals surface area contributed by atoms with Crippen molar-refractivity contribution >= 4 is 29.2 Å². The summed E-state index contributed by atoms with van der Waals surface area (Å²) in [6.07, 6.45) is 4.37. The number of carbonyl (C=O) groups is 2. The Morgan fingerprint density at radius 1 is 1.19 bits per heavy atom. The molecule has 1 aliphatic heterocycles. The van der Waals surface area contributed by atoms with Crippen LogP contribution in [0.4, 0.5) is 5.69 Å². The van der Waals surface area contributed by atoms with E-state index in [1.54, 1.807) is 42.7 Å². The predicted octanol–water partition coefficient (Wildman–Crippen LogP) is 3.66. The standard InChI is InChI=1S/C18H15ClN2O5/c1-18(2)25-16(22)13(17(23)26-18)10-21-14-8-11(19)5-6-15(14)24-12-4-3-7-20-9-12/h3-10,21H,1-2H3. The zero-order valence-corrected chi connectivity index (χ0v) is 14.7. The highest BCUT2D eigenvalue weighted by Gasteiger charge is 2.39. The average Bonchev–Trinajstić information content (AvgIpc) is 2.56. The zero-order valence-electron chi connectivity index (χ0n) is 14.0. The van der Waals surface area contributed by atoms with E-state index in [9.17, 15) is 9.59 Å². The van der Waals surface area contributed by atoms with Crippen LogP contribution < -0.4 is 10.1 Å². The van der Waals surface area contributed by atoms with Crippen LogP contribution in [0.2, 0.25) is 5.02 Å². The minimum absolute atomic E-state index is 0.267. The van der Waals surface area contributed by atoms with Crippen molar-refractivity contribution in [2.24, 2.45) is 0 Å². The number of nitrogens with one attached hydrogen (secondary N) is 1. The van der Waals surface area contributed by atoms with Crippen LogP contribution in [-0.4, -0.2) is 22.7 Å². The van der Waals surface area contributed by atoms with Crippen LogP contribution in [0, 0.1) is 0 Å². The first-order valence-electron chi connectivity index (χ1n) is 7.65. The van der Waals surface area contributed by atoms with Crippen LogP contribution in [0.15, 0.2) is 54.5 Å². The molecule has 134 valence electrons. The summed E-state index contributed by atoms with van der Waals surface area (Å²) in [4.78, 5) is 28.0. The smallest absolute Gasteiger partial charge is 0.350 e. The highest BCUT2D eigenvalue weighted by molar-refractivity contribution is 6.31. The monoisotopic (exact) mass is 374 g/mol. The topological polar surface area (TPSA) is 86.8 Å². The fourth-order valence-corrected chi connectivity index (χ4v) is 2.34. The number of hydrogen-bond donors (Lipinski definition) is 1. The van der Waals surface area contributed by atoms with Crippen molar-refractivity contribution < 1.29 is 23.8 Å². The summed E-state index contributed by atoms with van der Waals surface area (Å²) < 4.78 is 15.8. The average molecular weight is 375 g/mol. The second-order valence-corrected chi connectivity index (χ2v) is 6.25. The molecule has 0 radical (unpaired) electrons. The van der Waals surface area contributed by atoms with E-state index in [0.717, 1.165) is 0 Å². The molecule has 1 aromatic heterocycles. The van der Waals surface area contributed by atoms with Crippen LogP contribution in [-0.2, 0) is 19.1 Å². The minimum Gasteiger partial charge on any atom is -0.454 e. The van der Waals surface area contributed by atoms with Gasteiger partial charge in [-0.25, -0.2) is 9.59 Å². The summed E-state index contributed by atoms with van der Waals surface area (Å²) in [7, 11) is 0. The van der Waals surface area contributed by atoms with Crippen LogP contribution in [0.1, 0.15) is 13.8 Å². The number of cyclic esters (lactones) is 2.